The van der Waals surface area contributed by atoms with Gasteiger partial charge in [0, 0.05) is 34.2 Å². The number of fused-ring (bicyclic) bond motifs is 11. The summed E-state index contributed by atoms with van der Waals surface area (Å²) in [7, 11) is 2.18. The van der Waals surface area contributed by atoms with E-state index in [1.165, 1.54) is 21.8 Å². The first-order valence-electron chi connectivity index (χ1n) is 12.7. The Morgan fingerprint density at radius 3 is 2.54 bits per heavy atom. The Balaban J connectivity index is 1.52. The molecule has 0 amide bonds. The number of benzene rings is 4. The van der Waals surface area contributed by atoms with Crippen LogP contribution in [0.15, 0.2) is 113 Å². The second kappa shape index (κ2) is 6.68. The lowest BCUT2D eigenvalue weighted by atomic mass is 9.99. The smallest absolute Gasteiger partial charge is 0.162 e. The summed E-state index contributed by atoms with van der Waals surface area (Å²) in [5, 5.41) is 5.91. The molecule has 9 rings (SSSR count). The lowest BCUT2D eigenvalue weighted by Gasteiger charge is -2.32. The second-order valence-corrected chi connectivity index (χ2v) is 10.0. The minimum Gasteiger partial charge on any atom is -0.455 e. The average molecular weight is 476 g/mol. The third kappa shape index (κ3) is 2.31. The SMILES string of the molecule is CN1c2c(n3c4ccccc4c4cc5c6cccc(-c7ccccc7)c6oc5c2c43)N=C2C=CC=CC21. The lowest BCUT2D eigenvalue weighted by molar-refractivity contribution is 0.673. The van der Waals surface area contributed by atoms with E-state index in [9.17, 15) is 0 Å². The van der Waals surface area contributed by atoms with Crippen molar-refractivity contribution in [2.24, 2.45) is 4.99 Å². The molecule has 4 heterocycles. The molecule has 0 saturated heterocycles. The number of rotatable bonds is 1. The van der Waals surface area contributed by atoms with Gasteiger partial charge >= 0.3 is 0 Å². The molecule has 4 nitrogen and oxygen atoms in total. The van der Waals surface area contributed by atoms with Crippen molar-refractivity contribution in [1.29, 1.82) is 0 Å². The van der Waals surface area contributed by atoms with Gasteiger partial charge in [-0.15, -0.1) is 0 Å². The summed E-state index contributed by atoms with van der Waals surface area (Å²) in [4.78, 5) is 7.60. The van der Waals surface area contributed by atoms with Crippen molar-refractivity contribution in [2.75, 3.05) is 11.9 Å². The normalized spacial score (nSPS) is 16.9. The number of para-hydroxylation sites is 2. The van der Waals surface area contributed by atoms with Crippen LogP contribution in [0.2, 0.25) is 0 Å². The van der Waals surface area contributed by atoms with Crippen molar-refractivity contribution >= 4 is 66.3 Å². The van der Waals surface area contributed by atoms with Gasteiger partial charge in [-0.25, -0.2) is 4.99 Å². The molecule has 0 spiro atoms. The van der Waals surface area contributed by atoms with Gasteiger partial charge in [-0.05, 0) is 23.8 Å². The van der Waals surface area contributed by atoms with Crippen molar-refractivity contribution in [3.05, 3.63) is 103 Å². The van der Waals surface area contributed by atoms with Crippen LogP contribution >= 0.6 is 0 Å². The van der Waals surface area contributed by atoms with Crippen LogP contribution in [0.4, 0.5) is 11.5 Å². The molecule has 174 valence electrons. The number of furan rings is 1. The van der Waals surface area contributed by atoms with Gasteiger partial charge in [0.2, 0.25) is 0 Å². The highest BCUT2D eigenvalue weighted by atomic mass is 16.3. The van der Waals surface area contributed by atoms with Gasteiger partial charge in [-0.3, -0.25) is 4.40 Å². The number of aromatic nitrogens is 1. The predicted octanol–water partition coefficient (Wildman–Crippen LogP) is 8.27. The highest BCUT2D eigenvalue weighted by molar-refractivity contribution is 6.31. The molecule has 1 unspecified atom stereocenters. The first kappa shape index (κ1) is 19.4. The molecule has 0 N–H and O–H groups in total. The molecule has 0 radical (unpaired) electrons. The molecule has 4 aromatic carbocycles. The monoisotopic (exact) mass is 475 g/mol. The fourth-order valence-electron chi connectivity index (χ4n) is 6.53. The molecule has 7 aromatic rings. The first-order valence-corrected chi connectivity index (χ1v) is 12.7. The maximum absolute atomic E-state index is 6.88. The summed E-state index contributed by atoms with van der Waals surface area (Å²) in [6.07, 6.45) is 8.53. The number of hydrogen-bond acceptors (Lipinski definition) is 3. The molecule has 0 bridgehead atoms. The van der Waals surface area contributed by atoms with E-state index in [1.54, 1.807) is 0 Å². The summed E-state index contributed by atoms with van der Waals surface area (Å²) < 4.78 is 9.22. The van der Waals surface area contributed by atoms with E-state index in [0.29, 0.717) is 0 Å². The van der Waals surface area contributed by atoms with Crippen molar-refractivity contribution in [3.63, 3.8) is 0 Å². The van der Waals surface area contributed by atoms with E-state index < -0.39 is 0 Å². The molecule has 1 aliphatic carbocycles. The van der Waals surface area contributed by atoms with Gasteiger partial charge in [0.05, 0.1) is 33.9 Å². The number of allylic oxidation sites excluding steroid dienone is 2. The molecule has 0 saturated carbocycles. The number of hydrogen-bond donors (Lipinski definition) is 0. The van der Waals surface area contributed by atoms with Crippen molar-refractivity contribution in [1.82, 2.24) is 4.40 Å². The van der Waals surface area contributed by atoms with Gasteiger partial charge in [-0.2, -0.15) is 0 Å². The molecular weight excluding hydrogens is 454 g/mol. The summed E-state index contributed by atoms with van der Waals surface area (Å²) in [6.45, 7) is 0. The Morgan fingerprint density at radius 1 is 0.784 bits per heavy atom. The highest BCUT2D eigenvalue weighted by Gasteiger charge is 2.34. The van der Waals surface area contributed by atoms with Crippen molar-refractivity contribution in [3.8, 4) is 11.1 Å². The number of likely N-dealkylation sites (N-methyl/N-ethyl adjacent to an activating group) is 1. The highest BCUT2D eigenvalue weighted by Crippen LogP contribution is 2.52. The van der Waals surface area contributed by atoms with Gasteiger partial charge in [-0.1, -0.05) is 85.0 Å². The summed E-state index contributed by atoms with van der Waals surface area (Å²) in [5.41, 5.74) is 8.69. The van der Waals surface area contributed by atoms with Crippen LogP contribution in [0, 0.1) is 0 Å². The van der Waals surface area contributed by atoms with Crippen molar-refractivity contribution in [2.45, 2.75) is 6.04 Å². The number of aliphatic imine (C=N–C) groups is 1. The molecule has 4 heteroatoms. The number of anilines is 1. The predicted molar refractivity (Wildman–Crippen MR) is 154 cm³/mol. The molecule has 1 aliphatic heterocycles. The molecule has 0 fully saturated rings. The van der Waals surface area contributed by atoms with Crippen LogP contribution < -0.4 is 4.90 Å². The second-order valence-electron chi connectivity index (χ2n) is 10.0. The Morgan fingerprint density at radius 2 is 1.62 bits per heavy atom. The lowest BCUT2D eigenvalue weighted by Crippen LogP contribution is -2.39. The van der Waals surface area contributed by atoms with E-state index in [0.717, 1.165) is 55.7 Å². The van der Waals surface area contributed by atoms with Crippen LogP contribution in [0.25, 0.3) is 60.3 Å². The van der Waals surface area contributed by atoms with E-state index in [1.807, 2.05) is 0 Å². The Hall–Kier alpha value is -4.83. The largest absolute Gasteiger partial charge is 0.455 e. The Kier molecular flexibility index (Phi) is 3.50. The maximum atomic E-state index is 6.88. The van der Waals surface area contributed by atoms with Crippen LogP contribution in [-0.2, 0) is 0 Å². The van der Waals surface area contributed by atoms with Crippen molar-refractivity contribution < 1.29 is 4.42 Å². The third-order valence-corrected chi connectivity index (χ3v) is 8.15. The van der Waals surface area contributed by atoms with Crippen LogP contribution in [0.3, 0.4) is 0 Å². The Bertz CT molecular complexity index is 2160. The molecule has 1 atom stereocenters. The van der Waals surface area contributed by atoms with E-state index >= 15 is 0 Å². The minimum absolute atomic E-state index is 0.106. The van der Waals surface area contributed by atoms with Crippen LogP contribution in [0.1, 0.15) is 0 Å². The summed E-state index contributed by atoms with van der Waals surface area (Å²) in [5.74, 6) is 0.978. The van der Waals surface area contributed by atoms with E-state index in [2.05, 4.69) is 120 Å². The van der Waals surface area contributed by atoms with Crippen LogP contribution in [0.5, 0.6) is 0 Å². The van der Waals surface area contributed by atoms with Gasteiger partial charge in [0.15, 0.2) is 5.82 Å². The molecular formula is C33H21N3O. The zero-order valence-electron chi connectivity index (χ0n) is 20.1. The topological polar surface area (TPSA) is 33.1 Å². The fraction of sp³-hybridized carbons (Fsp3) is 0.0606. The van der Waals surface area contributed by atoms with E-state index in [4.69, 9.17) is 9.41 Å². The zero-order valence-corrected chi connectivity index (χ0v) is 20.1. The average Bonchev–Trinajstić information content (AvgIpc) is 3.60. The molecule has 2 aliphatic rings. The van der Waals surface area contributed by atoms with Gasteiger partial charge < -0.3 is 9.32 Å². The minimum atomic E-state index is 0.106. The Labute approximate surface area is 212 Å². The molecule has 37 heavy (non-hydrogen) atoms. The maximum Gasteiger partial charge on any atom is 0.162 e. The summed E-state index contributed by atoms with van der Waals surface area (Å²) >= 11 is 0. The quantitative estimate of drug-likeness (QED) is 0.239. The fourth-order valence-corrected chi connectivity index (χ4v) is 6.53. The standard InChI is InChI=1S/C33H21N3O/c1-35-27-17-8-6-15-25(27)34-33-30(35)28-29-23(21-12-5-7-16-26(21)36(29)33)18-24-22-14-9-13-20(31(22)37-32(24)28)19-10-3-2-4-11-19/h2-18,27H,1H3. The van der Waals surface area contributed by atoms with Crippen LogP contribution in [-0.4, -0.2) is 23.2 Å². The third-order valence-electron chi connectivity index (χ3n) is 8.15. The summed E-state index contributed by atoms with van der Waals surface area (Å²) in [6, 6.07) is 28.1. The zero-order chi connectivity index (χ0) is 24.2. The number of nitrogens with zero attached hydrogens (tertiary/aromatic N) is 3. The van der Waals surface area contributed by atoms with Gasteiger partial charge in [0.25, 0.3) is 0 Å². The van der Waals surface area contributed by atoms with Gasteiger partial charge in [0.1, 0.15) is 11.2 Å². The molecule has 3 aromatic heterocycles. The van der Waals surface area contributed by atoms with E-state index in [-0.39, 0.29) is 6.04 Å². The first-order chi connectivity index (χ1) is 18.3.